The zero-order valence-electron chi connectivity index (χ0n) is 17.8. The third kappa shape index (κ3) is 4.04. The molecule has 1 N–H and O–H groups in total. The van der Waals surface area contributed by atoms with E-state index >= 15 is 0 Å². The van der Waals surface area contributed by atoms with Gasteiger partial charge in [-0.05, 0) is 85.0 Å². The molecule has 0 radical (unpaired) electrons. The summed E-state index contributed by atoms with van der Waals surface area (Å²) in [6.45, 7) is 16.2. The van der Waals surface area contributed by atoms with Crippen molar-refractivity contribution in [3.05, 3.63) is 0 Å². The van der Waals surface area contributed by atoms with E-state index < -0.39 is 9.76 Å². The van der Waals surface area contributed by atoms with Gasteiger partial charge in [0.1, 0.15) is 0 Å². The lowest BCUT2D eigenvalue weighted by atomic mass is 9.48. The first-order chi connectivity index (χ1) is 11.4. The lowest BCUT2D eigenvalue weighted by molar-refractivity contribution is -0.141. The highest BCUT2D eigenvalue weighted by atomic mass is 28.2. The van der Waals surface area contributed by atoms with Gasteiger partial charge in [0, 0.05) is 0 Å². The molecule has 2 nitrogen and oxygen atoms in total. The predicted octanol–water partition coefficient (Wildman–Crippen LogP) is 4.93. The summed E-state index contributed by atoms with van der Waals surface area (Å²) in [4.78, 5) is 0. The minimum absolute atomic E-state index is 0.0831. The molecule has 0 saturated heterocycles. The molecule has 2 unspecified atom stereocenters. The largest absolute Gasteiger partial charge is 0.418 e. The van der Waals surface area contributed by atoms with Crippen LogP contribution in [0.15, 0.2) is 0 Å². The molecule has 0 aromatic heterocycles. The summed E-state index contributed by atoms with van der Waals surface area (Å²) in [5.41, 5.74) is 1.45. The van der Waals surface area contributed by atoms with Gasteiger partial charge in [0.15, 0.2) is 9.76 Å². The van der Waals surface area contributed by atoms with E-state index in [2.05, 4.69) is 41.5 Å². The van der Waals surface area contributed by atoms with Crippen molar-refractivity contribution in [3.63, 3.8) is 0 Å². The van der Waals surface area contributed by atoms with Gasteiger partial charge in [0.25, 0.3) is 0 Å². The Balaban J connectivity index is 1.76. The highest BCUT2D eigenvalue weighted by molar-refractivity contribution is 6.30. The molecule has 4 aliphatic rings. The van der Waals surface area contributed by atoms with Gasteiger partial charge >= 0.3 is 0 Å². The lowest BCUT2D eigenvalue weighted by Gasteiger charge is -2.60. The van der Waals surface area contributed by atoms with Crippen LogP contribution in [0.25, 0.3) is 0 Å². The highest BCUT2D eigenvalue weighted by Gasteiger charge is 2.55. The van der Waals surface area contributed by atoms with E-state index in [0.29, 0.717) is 5.54 Å². The Hall–Kier alpha value is 0.137. The molecule has 4 rings (SSSR count). The van der Waals surface area contributed by atoms with Gasteiger partial charge in [0.05, 0.1) is 12.2 Å². The van der Waals surface area contributed by atoms with Gasteiger partial charge < -0.3 is 9.53 Å². The average Bonchev–Trinajstić information content (AvgIpc) is 2.38. The van der Waals surface area contributed by atoms with Crippen LogP contribution in [0, 0.1) is 34.0 Å². The molecule has 0 heterocycles. The van der Waals surface area contributed by atoms with E-state index in [-0.39, 0.29) is 28.5 Å². The van der Waals surface area contributed by atoms with E-state index in [1.54, 1.807) is 0 Å². The summed E-state index contributed by atoms with van der Waals surface area (Å²) in [5.74, 6) is 2.75. The standard InChI is InChI=1S/C22H42O2Si/c1-14(23)18(24-25-19(20(2,3)4)21(5,6)7)22-11-15-8-16(12-22)10-17(9-15)13-22/h14-19,23H,8-13,25H2,1-7H3. The molecule has 25 heavy (non-hydrogen) atoms. The van der Waals surface area contributed by atoms with Crippen LogP contribution < -0.4 is 0 Å². The number of aliphatic hydroxyl groups excluding tert-OH is 1. The maximum Gasteiger partial charge on any atom is 0.166 e. The Labute approximate surface area is 158 Å². The summed E-state index contributed by atoms with van der Waals surface area (Å²) in [6.07, 6.45) is 8.07. The second-order valence-electron chi connectivity index (χ2n) is 12.1. The van der Waals surface area contributed by atoms with E-state index in [1.807, 2.05) is 6.92 Å². The van der Waals surface area contributed by atoms with Crippen molar-refractivity contribution in [2.75, 3.05) is 0 Å². The molecule has 0 aromatic carbocycles. The second-order valence-corrected chi connectivity index (χ2v) is 13.5. The van der Waals surface area contributed by atoms with Crippen LogP contribution in [-0.4, -0.2) is 27.1 Å². The smallest absolute Gasteiger partial charge is 0.166 e. The Morgan fingerprint density at radius 1 is 0.880 bits per heavy atom. The van der Waals surface area contributed by atoms with Crippen molar-refractivity contribution in [2.45, 2.75) is 105 Å². The van der Waals surface area contributed by atoms with Gasteiger partial charge in [-0.3, -0.25) is 0 Å². The van der Waals surface area contributed by atoms with E-state index in [1.165, 1.54) is 38.5 Å². The van der Waals surface area contributed by atoms with Gasteiger partial charge in [-0.1, -0.05) is 41.5 Å². The van der Waals surface area contributed by atoms with Crippen molar-refractivity contribution < 1.29 is 9.53 Å². The monoisotopic (exact) mass is 366 g/mol. The first-order valence-corrected chi connectivity index (χ1v) is 12.1. The number of hydrogen-bond donors (Lipinski definition) is 1. The van der Waals surface area contributed by atoms with Crippen LogP contribution in [0.3, 0.4) is 0 Å². The average molecular weight is 367 g/mol. The first-order valence-electron chi connectivity index (χ1n) is 10.7. The van der Waals surface area contributed by atoms with Gasteiger partial charge in [-0.25, -0.2) is 0 Å². The van der Waals surface area contributed by atoms with E-state index in [0.717, 1.165) is 17.8 Å². The molecule has 4 fully saturated rings. The predicted molar refractivity (Wildman–Crippen MR) is 108 cm³/mol. The Bertz CT molecular complexity index is 422. The second kappa shape index (κ2) is 6.63. The summed E-state index contributed by atoms with van der Waals surface area (Å²) in [6, 6.07) is 0. The van der Waals surface area contributed by atoms with Crippen molar-refractivity contribution >= 4 is 9.76 Å². The summed E-state index contributed by atoms with van der Waals surface area (Å²) in [7, 11) is -0.720. The van der Waals surface area contributed by atoms with E-state index in [4.69, 9.17) is 4.43 Å². The number of aliphatic hydroxyl groups is 1. The van der Waals surface area contributed by atoms with Crippen molar-refractivity contribution in [1.29, 1.82) is 0 Å². The van der Waals surface area contributed by atoms with Crippen LogP contribution in [0.2, 0.25) is 5.54 Å². The normalized spacial score (nSPS) is 38.0. The molecule has 3 heteroatoms. The molecule has 4 aliphatic carbocycles. The molecular weight excluding hydrogens is 324 g/mol. The maximum absolute atomic E-state index is 10.7. The Kier molecular flexibility index (Phi) is 5.28. The van der Waals surface area contributed by atoms with Crippen LogP contribution in [0.4, 0.5) is 0 Å². The SMILES string of the molecule is CC(O)C(O[SiH2]C(C(C)(C)C)C(C)(C)C)C12CC3CC(CC(C3)C1)C2. The molecular formula is C22H42O2Si. The molecule has 0 spiro atoms. The summed E-state index contributed by atoms with van der Waals surface area (Å²) < 4.78 is 6.79. The van der Waals surface area contributed by atoms with Crippen LogP contribution >= 0.6 is 0 Å². The van der Waals surface area contributed by atoms with Gasteiger partial charge in [-0.2, -0.15) is 0 Å². The van der Waals surface area contributed by atoms with Crippen LogP contribution in [-0.2, 0) is 4.43 Å². The molecule has 4 bridgehead atoms. The van der Waals surface area contributed by atoms with Crippen molar-refractivity contribution in [2.24, 2.45) is 34.0 Å². The third-order valence-electron chi connectivity index (χ3n) is 7.66. The summed E-state index contributed by atoms with van der Waals surface area (Å²) >= 11 is 0. The minimum Gasteiger partial charge on any atom is -0.418 e. The van der Waals surface area contributed by atoms with Crippen LogP contribution in [0.5, 0.6) is 0 Å². The number of hydrogen-bond acceptors (Lipinski definition) is 2. The minimum atomic E-state index is -0.720. The van der Waals surface area contributed by atoms with Crippen molar-refractivity contribution in [3.8, 4) is 0 Å². The molecule has 0 aliphatic heterocycles. The third-order valence-corrected chi connectivity index (χ3v) is 11.0. The molecule has 0 amide bonds. The van der Waals surface area contributed by atoms with E-state index in [9.17, 15) is 5.11 Å². The van der Waals surface area contributed by atoms with Gasteiger partial charge in [0.2, 0.25) is 0 Å². The molecule has 2 atom stereocenters. The fourth-order valence-corrected chi connectivity index (χ4v) is 9.38. The zero-order valence-corrected chi connectivity index (χ0v) is 19.2. The fraction of sp³-hybridized carbons (Fsp3) is 1.00. The fourth-order valence-electron chi connectivity index (χ4n) is 7.35. The highest BCUT2D eigenvalue weighted by Crippen LogP contribution is 2.62. The molecule has 0 aromatic rings. The topological polar surface area (TPSA) is 29.5 Å². The first kappa shape index (κ1) is 19.9. The quantitative estimate of drug-likeness (QED) is 0.699. The lowest BCUT2D eigenvalue weighted by Crippen LogP contribution is -2.56. The molecule has 4 saturated carbocycles. The Morgan fingerprint density at radius 3 is 1.60 bits per heavy atom. The van der Waals surface area contributed by atoms with Crippen LogP contribution in [0.1, 0.15) is 87.0 Å². The zero-order chi connectivity index (χ0) is 18.6. The van der Waals surface area contributed by atoms with Crippen molar-refractivity contribution in [1.82, 2.24) is 0 Å². The number of rotatable bonds is 5. The maximum atomic E-state index is 10.7. The Morgan fingerprint density at radius 2 is 1.28 bits per heavy atom. The molecule has 146 valence electrons. The summed E-state index contributed by atoms with van der Waals surface area (Å²) in [5, 5.41) is 10.7. The van der Waals surface area contributed by atoms with Gasteiger partial charge in [-0.15, -0.1) is 0 Å².